The quantitative estimate of drug-likeness (QED) is 0.704. The second-order valence-electron chi connectivity index (χ2n) is 5.04. The largest absolute Gasteiger partial charge is 0.377 e. The van der Waals surface area contributed by atoms with E-state index in [0.717, 1.165) is 13.2 Å². The summed E-state index contributed by atoms with van der Waals surface area (Å²) in [5.74, 6) is 0. The Labute approximate surface area is 94.4 Å². The van der Waals surface area contributed by atoms with Crippen LogP contribution in [0.4, 0.5) is 0 Å². The summed E-state index contributed by atoms with van der Waals surface area (Å²) in [5, 5.41) is 0. The molecule has 0 N–H and O–H groups in total. The fraction of sp³-hybridized carbons (Fsp3) is 1.00. The van der Waals surface area contributed by atoms with E-state index < -0.39 is 0 Å². The molecule has 1 fully saturated rings. The molecule has 0 aromatic heterocycles. The molecule has 2 atom stereocenters. The average molecular weight is 214 g/mol. The summed E-state index contributed by atoms with van der Waals surface area (Å²) in [6, 6.07) is 1.32. The van der Waals surface area contributed by atoms with E-state index in [1.54, 1.807) is 0 Å². The number of rotatable bonds is 4. The van der Waals surface area contributed by atoms with Crippen LogP contribution in [0.25, 0.3) is 0 Å². The third-order valence-corrected chi connectivity index (χ3v) is 3.29. The summed E-state index contributed by atoms with van der Waals surface area (Å²) < 4.78 is 5.59. The molecule has 2 unspecified atom stereocenters. The Bertz CT molecular complexity index is 172. The maximum atomic E-state index is 5.59. The van der Waals surface area contributed by atoms with Gasteiger partial charge in [-0.05, 0) is 34.7 Å². The normalized spacial score (nSPS) is 30.0. The summed E-state index contributed by atoms with van der Waals surface area (Å²) in [4.78, 5) is 4.97. The lowest BCUT2D eigenvalue weighted by molar-refractivity contribution is 0.0196. The molecule has 0 bridgehead atoms. The molecule has 0 spiro atoms. The van der Waals surface area contributed by atoms with Gasteiger partial charge in [0.2, 0.25) is 0 Å². The van der Waals surface area contributed by atoms with Crippen molar-refractivity contribution in [2.45, 2.75) is 45.9 Å². The third kappa shape index (κ3) is 4.09. The number of piperazine rings is 1. The summed E-state index contributed by atoms with van der Waals surface area (Å²) in [6.07, 6.45) is 0.354. The first-order valence-corrected chi connectivity index (χ1v) is 6.06. The number of ether oxygens (including phenoxy) is 1. The second-order valence-corrected chi connectivity index (χ2v) is 5.04. The average Bonchev–Trinajstić information content (AvgIpc) is 2.13. The first-order chi connectivity index (χ1) is 7.00. The fourth-order valence-corrected chi connectivity index (χ4v) is 2.11. The van der Waals surface area contributed by atoms with Crippen molar-refractivity contribution in [3.05, 3.63) is 0 Å². The highest BCUT2D eigenvalue weighted by Gasteiger charge is 2.25. The Balaban J connectivity index is 2.26. The lowest BCUT2D eigenvalue weighted by Gasteiger charge is -2.42. The Morgan fingerprint density at radius 1 is 1.20 bits per heavy atom. The fourth-order valence-electron chi connectivity index (χ4n) is 2.11. The zero-order valence-electron chi connectivity index (χ0n) is 10.9. The van der Waals surface area contributed by atoms with Crippen LogP contribution in [-0.4, -0.2) is 61.3 Å². The van der Waals surface area contributed by atoms with Gasteiger partial charge in [0, 0.05) is 31.7 Å². The Morgan fingerprint density at radius 2 is 1.73 bits per heavy atom. The molecule has 1 rings (SSSR count). The molecule has 0 amide bonds. The molecule has 0 aliphatic carbocycles. The molecule has 3 nitrogen and oxygen atoms in total. The van der Waals surface area contributed by atoms with Gasteiger partial charge in [0.15, 0.2) is 0 Å². The van der Waals surface area contributed by atoms with E-state index in [2.05, 4.69) is 44.5 Å². The van der Waals surface area contributed by atoms with Gasteiger partial charge in [-0.2, -0.15) is 0 Å². The van der Waals surface area contributed by atoms with Crippen LogP contribution in [0.15, 0.2) is 0 Å². The van der Waals surface area contributed by atoms with Gasteiger partial charge in [-0.3, -0.25) is 9.80 Å². The predicted molar refractivity (Wildman–Crippen MR) is 64.2 cm³/mol. The first-order valence-electron chi connectivity index (χ1n) is 6.06. The van der Waals surface area contributed by atoms with Gasteiger partial charge in [0.1, 0.15) is 0 Å². The van der Waals surface area contributed by atoms with Gasteiger partial charge in [-0.1, -0.05) is 0 Å². The van der Waals surface area contributed by atoms with Crippen LogP contribution in [0.1, 0.15) is 27.7 Å². The second kappa shape index (κ2) is 5.83. The third-order valence-electron chi connectivity index (χ3n) is 3.29. The van der Waals surface area contributed by atoms with Crippen LogP contribution < -0.4 is 0 Å². The van der Waals surface area contributed by atoms with Crippen LogP contribution in [0.5, 0.6) is 0 Å². The number of hydrogen-bond donors (Lipinski definition) is 0. The van der Waals surface area contributed by atoms with E-state index in [0.29, 0.717) is 18.2 Å². The molecule has 0 radical (unpaired) electrons. The van der Waals surface area contributed by atoms with Gasteiger partial charge >= 0.3 is 0 Å². The van der Waals surface area contributed by atoms with Crippen molar-refractivity contribution in [3.63, 3.8) is 0 Å². The maximum Gasteiger partial charge on any atom is 0.0596 e. The summed E-state index contributed by atoms with van der Waals surface area (Å²) in [7, 11) is 2.22. The molecule has 90 valence electrons. The molecule has 1 aliphatic heterocycles. The highest BCUT2D eigenvalue weighted by molar-refractivity contribution is 4.82. The minimum atomic E-state index is 0.354. The first kappa shape index (κ1) is 12.9. The highest BCUT2D eigenvalue weighted by atomic mass is 16.5. The predicted octanol–water partition coefficient (Wildman–Crippen LogP) is 1.44. The van der Waals surface area contributed by atoms with E-state index in [4.69, 9.17) is 4.74 Å². The molecule has 0 aromatic carbocycles. The summed E-state index contributed by atoms with van der Waals surface area (Å²) in [5.41, 5.74) is 0. The molecule has 3 heteroatoms. The molecule has 1 saturated heterocycles. The number of nitrogens with zero attached hydrogens (tertiary/aromatic N) is 2. The van der Waals surface area contributed by atoms with Crippen molar-refractivity contribution < 1.29 is 4.74 Å². The van der Waals surface area contributed by atoms with E-state index in [1.807, 2.05) is 0 Å². The van der Waals surface area contributed by atoms with Gasteiger partial charge in [-0.15, -0.1) is 0 Å². The topological polar surface area (TPSA) is 15.7 Å². The Kier molecular flexibility index (Phi) is 5.03. The van der Waals surface area contributed by atoms with Gasteiger partial charge in [0.25, 0.3) is 0 Å². The summed E-state index contributed by atoms with van der Waals surface area (Å²) in [6.45, 7) is 13.1. The van der Waals surface area contributed by atoms with Crippen molar-refractivity contribution in [2.24, 2.45) is 0 Å². The Morgan fingerprint density at radius 3 is 2.20 bits per heavy atom. The zero-order chi connectivity index (χ0) is 11.4. The monoisotopic (exact) mass is 214 g/mol. The zero-order valence-corrected chi connectivity index (χ0v) is 10.9. The van der Waals surface area contributed by atoms with Gasteiger partial charge in [0.05, 0.1) is 12.7 Å². The van der Waals surface area contributed by atoms with E-state index in [-0.39, 0.29) is 0 Å². The van der Waals surface area contributed by atoms with Crippen molar-refractivity contribution in [2.75, 3.05) is 33.3 Å². The molecule has 0 saturated carbocycles. The molecule has 0 aromatic rings. The van der Waals surface area contributed by atoms with E-state index in [1.165, 1.54) is 13.1 Å². The molecule has 1 aliphatic rings. The van der Waals surface area contributed by atoms with Crippen LogP contribution in [0, 0.1) is 0 Å². The molecular weight excluding hydrogens is 188 g/mol. The SMILES string of the molecule is CC(C)OCCN1CC(C)N(C)C(C)C1. The minimum Gasteiger partial charge on any atom is -0.377 e. The van der Waals surface area contributed by atoms with Crippen molar-refractivity contribution in [1.29, 1.82) is 0 Å². The van der Waals surface area contributed by atoms with Crippen LogP contribution in [-0.2, 0) is 4.74 Å². The maximum absolute atomic E-state index is 5.59. The lowest BCUT2D eigenvalue weighted by atomic mass is 10.1. The van der Waals surface area contributed by atoms with Crippen molar-refractivity contribution in [3.8, 4) is 0 Å². The van der Waals surface area contributed by atoms with E-state index in [9.17, 15) is 0 Å². The minimum absolute atomic E-state index is 0.354. The van der Waals surface area contributed by atoms with Crippen molar-refractivity contribution >= 4 is 0 Å². The summed E-state index contributed by atoms with van der Waals surface area (Å²) >= 11 is 0. The standard InChI is InChI=1S/C12H26N2O/c1-10(2)15-7-6-14-8-11(3)13(5)12(4)9-14/h10-12H,6-9H2,1-5H3. The van der Waals surface area contributed by atoms with E-state index >= 15 is 0 Å². The Hall–Kier alpha value is -0.120. The molecular formula is C12H26N2O. The molecule has 15 heavy (non-hydrogen) atoms. The lowest BCUT2D eigenvalue weighted by Crippen LogP contribution is -2.55. The van der Waals surface area contributed by atoms with Crippen LogP contribution in [0.3, 0.4) is 0 Å². The van der Waals surface area contributed by atoms with Crippen LogP contribution in [0.2, 0.25) is 0 Å². The van der Waals surface area contributed by atoms with Crippen LogP contribution >= 0.6 is 0 Å². The van der Waals surface area contributed by atoms with Gasteiger partial charge < -0.3 is 4.74 Å². The molecule has 1 heterocycles. The number of hydrogen-bond acceptors (Lipinski definition) is 3. The number of likely N-dealkylation sites (N-methyl/N-ethyl adjacent to an activating group) is 1. The van der Waals surface area contributed by atoms with Crippen molar-refractivity contribution in [1.82, 2.24) is 9.80 Å². The highest BCUT2D eigenvalue weighted by Crippen LogP contribution is 2.12. The smallest absolute Gasteiger partial charge is 0.0596 e. The van der Waals surface area contributed by atoms with Gasteiger partial charge in [-0.25, -0.2) is 0 Å².